The fraction of sp³-hybridized carbons (Fsp3) is 0.579. The van der Waals surface area contributed by atoms with Gasteiger partial charge in [-0.15, -0.1) is 5.92 Å². The molecule has 0 bridgehead atoms. The van der Waals surface area contributed by atoms with Crippen molar-refractivity contribution in [3.05, 3.63) is 35.9 Å². The predicted molar refractivity (Wildman–Crippen MR) is 88.5 cm³/mol. The summed E-state index contributed by atoms with van der Waals surface area (Å²) in [6.45, 7) is 5.38. The Morgan fingerprint density at radius 1 is 1.00 bits per heavy atom. The first-order valence-electron chi connectivity index (χ1n) is 8.12. The van der Waals surface area contributed by atoms with E-state index in [9.17, 15) is 0 Å². The lowest BCUT2D eigenvalue weighted by Crippen LogP contribution is -2.27. The first-order chi connectivity index (χ1) is 9.86. The van der Waals surface area contributed by atoms with Crippen molar-refractivity contribution >= 4 is 0 Å². The number of unbranched alkanes of at least 4 members (excludes halogenated alkanes) is 4. The van der Waals surface area contributed by atoms with Gasteiger partial charge in [-0.2, -0.15) is 0 Å². The van der Waals surface area contributed by atoms with Gasteiger partial charge in [0.2, 0.25) is 0 Å². The van der Waals surface area contributed by atoms with Crippen LogP contribution < -0.4 is 5.32 Å². The van der Waals surface area contributed by atoms with E-state index in [0.717, 1.165) is 13.0 Å². The lowest BCUT2D eigenvalue weighted by Gasteiger charge is -2.13. The number of benzene rings is 1. The Kier molecular flexibility index (Phi) is 9.70. The highest BCUT2D eigenvalue weighted by Gasteiger charge is 2.04. The van der Waals surface area contributed by atoms with Crippen LogP contribution >= 0.6 is 0 Å². The summed E-state index contributed by atoms with van der Waals surface area (Å²) in [6, 6.07) is 10.9. The van der Waals surface area contributed by atoms with Crippen LogP contribution in [0.15, 0.2) is 30.3 Å². The third-order valence-corrected chi connectivity index (χ3v) is 3.42. The highest BCUT2D eigenvalue weighted by molar-refractivity contribution is 5.15. The number of rotatable bonds is 9. The van der Waals surface area contributed by atoms with Gasteiger partial charge in [-0.1, -0.05) is 75.8 Å². The third-order valence-electron chi connectivity index (χ3n) is 3.42. The molecular weight excluding hydrogens is 242 g/mol. The van der Waals surface area contributed by atoms with Crippen LogP contribution in [0, 0.1) is 11.8 Å². The van der Waals surface area contributed by atoms with E-state index in [0.29, 0.717) is 6.04 Å². The monoisotopic (exact) mass is 271 g/mol. The minimum Gasteiger partial charge on any atom is -0.300 e. The highest BCUT2D eigenvalue weighted by Crippen LogP contribution is 2.05. The van der Waals surface area contributed by atoms with Crippen LogP contribution in [-0.4, -0.2) is 6.04 Å². The molecule has 1 atom stereocenters. The topological polar surface area (TPSA) is 12.0 Å². The van der Waals surface area contributed by atoms with Crippen molar-refractivity contribution in [2.75, 3.05) is 0 Å². The molecule has 1 nitrogen and oxygen atoms in total. The number of hydrogen-bond acceptors (Lipinski definition) is 1. The van der Waals surface area contributed by atoms with Gasteiger partial charge in [0.15, 0.2) is 0 Å². The molecule has 0 saturated heterocycles. The van der Waals surface area contributed by atoms with Crippen LogP contribution in [0.4, 0.5) is 0 Å². The average molecular weight is 271 g/mol. The van der Waals surface area contributed by atoms with Crippen LogP contribution in [0.1, 0.15) is 64.4 Å². The van der Waals surface area contributed by atoms with Gasteiger partial charge in [0.25, 0.3) is 0 Å². The van der Waals surface area contributed by atoms with Crippen LogP contribution in [-0.2, 0) is 6.54 Å². The largest absolute Gasteiger partial charge is 0.300 e. The van der Waals surface area contributed by atoms with Gasteiger partial charge >= 0.3 is 0 Å². The summed E-state index contributed by atoms with van der Waals surface area (Å²) >= 11 is 0. The molecule has 0 heterocycles. The van der Waals surface area contributed by atoms with E-state index in [4.69, 9.17) is 0 Å². The second kappa shape index (κ2) is 11.6. The minimum absolute atomic E-state index is 0.346. The molecule has 1 unspecified atom stereocenters. The molecule has 0 spiro atoms. The zero-order valence-corrected chi connectivity index (χ0v) is 13.1. The van der Waals surface area contributed by atoms with Crippen molar-refractivity contribution in [1.29, 1.82) is 0 Å². The highest BCUT2D eigenvalue weighted by atomic mass is 14.9. The first kappa shape index (κ1) is 16.8. The normalized spacial score (nSPS) is 11.7. The smallest absolute Gasteiger partial charge is 0.0692 e. The molecule has 0 aliphatic carbocycles. The second-order valence-electron chi connectivity index (χ2n) is 5.34. The Bertz CT molecular complexity index is 385. The van der Waals surface area contributed by atoms with Crippen molar-refractivity contribution in [2.45, 2.75) is 71.4 Å². The number of nitrogens with one attached hydrogen (secondary N) is 1. The molecule has 0 saturated carbocycles. The van der Waals surface area contributed by atoms with Crippen molar-refractivity contribution in [3.63, 3.8) is 0 Å². The first-order valence-corrected chi connectivity index (χ1v) is 8.12. The van der Waals surface area contributed by atoms with Crippen molar-refractivity contribution in [2.24, 2.45) is 0 Å². The van der Waals surface area contributed by atoms with Gasteiger partial charge in [0.05, 0.1) is 6.04 Å². The van der Waals surface area contributed by atoms with Gasteiger partial charge < -0.3 is 0 Å². The summed E-state index contributed by atoms with van der Waals surface area (Å²) in [5.74, 6) is 6.76. The molecule has 0 amide bonds. The molecule has 0 aromatic heterocycles. The van der Waals surface area contributed by atoms with Crippen molar-refractivity contribution < 1.29 is 0 Å². The summed E-state index contributed by atoms with van der Waals surface area (Å²) in [4.78, 5) is 0. The summed E-state index contributed by atoms with van der Waals surface area (Å²) in [7, 11) is 0. The minimum atomic E-state index is 0.346. The Balaban J connectivity index is 2.41. The van der Waals surface area contributed by atoms with Crippen LogP contribution in [0.5, 0.6) is 0 Å². The maximum absolute atomic E-state index is 3.60. The Hall–Kier alpha value is -1.26. The Labute approximate surface area is 125 Å². The molecule has 1 aromatic carbocycles. The zero-order chi connectivity index (χ0) is 14.5. The molecular formula is C19H29N. The van der Waals surface area contributed by atoms with E-state index in [1.54, 1.807) is 0 Å². The van der Waals surface area contributed by atoms with Crippen molar-refractivity contribution in [1.82, 2.24) is 5.32 Å². The Morgan fingerprint density at radius 3 is 2.45 bits per heavy atom. The Morgan fingerprint density at radius 2 is 1.75 bits per heavy atom. The van der Waals surface area contributed by atoms with E-state index >= 15 is 0 Å². The fourth-order valence-electron chi connectivity index (χ4n) is 2.12. The van der Waals surface area contributed by atoms with E-state index in [-0.39, 0.29) is 0 Å². The lowest BCUT2D eigenvalue weighted by molar-refractivity contribution is 0.533. The maximum atomic E-state index is 3.60. The quantitative estimate of drug-likeness (QED) is 0.496. The van der Waals surface area contributed by atoms with Gasteiger partial charge in [0, 0.05) is 13.0 Å². The van der Waals surface area contributed by atoms with E-state index in [1.165, 1.54) is 44.1 Å². The average Bonchev–Trinajstić information content (AvgIpc) is 2.49. The summed E-state index contributed by atoms with van der Waals surface area (Å²) < 4.78 is 0. The molecule has 1 aromatic rings. The molecule has 110 valence electrons. The van der Waals surface area contributed by atoms with E-state index < -0.39 is 0 Å². The molecule has 1 N–H and O–H groups in total. The molecule has 1 rings (SSSR count). The fourth-order valence-corrected chi connectivity index (χ4v) is 2.12. The van der Waals surface area contributed by atoms with Gasteiger partial charge in [-0.05, 0) is 18.4 Å². The molecule has 1 heteroatoms. The van der Waals surface area contributed by atoms with Gasteiger partial charge in [0.1, 0.15) is 0 Å². The molecule has 0 radical (unpaired) electrons. The van der Waals surface area contributed by atoms with E-state index in [1.807, 2.05) is 0 Å². The summed E-state index contributed by atoms with van der Waals surface area (Å²) in [6.07, 6.45) is 8.49. The summed E-state index contributed by atoms with van der Waals surface area (Å²) in [5, 5.41) is 3.60. The molecule has 20 heavy (non-hydrogen) atoms. The third kappa shape index (κ3) is 8.02. The molecule has 0 aliphatic rings. The standard InChI is InChI=1S/C19H29N/c1-3-5-7-12-16-19(15-9-6-4-2)20-17-18-13-10-8-11-14-18/h8,10-11,13-14,19-20H,3-7,9,15,17H2,1-2H3. The number of hydrogen-bond donors (Lipinski definition) is 1. The SMILES string of the molecule is CCCCC#CC(CCCCC)NCc1ccccc1. The lowest BCUT2D eigenvalue weighted by atomic mass is 10.1. The van der Waals surface area contributed by atoms with Crippen LogP contribution in [0.3, 0.4) is 0 Å². The van der Waals surface area contributed by atoms with E-state index in [2.05, 4.69) is 61.3 Å². The summed E-state index contributed by atoms with van der Waals surface area (Å²) in [5.41, 5.74) is 1.34. The van der Waals surface area contributed by atoms with Gasteiger partial charge in [-0.3, -0.25) is 5.32 Å². The van der Waals surface area contributed by atoms with Crippen LogP contribution in [0.25, 0.3) is 0 Å². The van der Waals surface area contributed by atoms with Crippen molar-refractivity contribution in [3.8, 4) is 11.8 Å². The maximum Gasteiger partial charge on any atom is 0.0692 e. The van der Waals surface area contributed by atoms with Gasteiger partial charge in [-0.25, -0.2) is 0 Å². The zero-order valence-electron chi connectivity index (χ0n) is 13.1. The predicted octanol–water partition coefficient (Wildman–Crippen LogP) is 4.92. The van der Waals surface area contributed by atoms with Crippen LogP contribution in [0.2, 0.25) is 0 Å². The molecule has 0 fully saturated rings. The second-order valence-corrected chi connectivity index (χ2v) is 5.34. The molecule has 0 aliphatic heterocycles.